The van der Waals surface area contributed by atoms with E-state index < -0.39 is 0 Å². The van der Waals surface area contributed by atoms with Crippen molar-refractivity contribution in [2.75, 3.05) is 6.61 Å². The first kappa shape index (κ1) is 20.7. The molecule has 0 spiro atoms. The van der Waals surface area contributed by atoms with E-state index in [0.717, 1.165) is 36.7 Å². The molecule has 3 saturated carbocycles. The number of rotatable bonds is 4. The van der Waals surface area contributed by atoms with Crippen LogP contribution in [0.15, 0.2) is 23.3 Å². The fourth-order valence-corrected chi connectivity index (χ4v) is 7.98. The third kappa shape index (κ3) is 3.33. The molecule has 0 heterocycles. The summed E-state index contributed by atoms with van der Waals surface area (Å²) in [7, 11) is 0. The Bertz CT molecular complexity index is 647. The maximum atomic E-state index is 6.33. The average Bonchev–Trinajstić information content (AvgIpc) is 2.99. The third-order valence-electron chi connectivity index (χ3n) is 9.63. The molecule has 0 aromatic heterocycles. The Hall–Kier alpha value is -0.600. The Morgan fingerprint density at radius 2 is 1.96 bits per heavy atom. The van der Waals surface area contributed by atoms with Crippen LogP contribution in [0.3, 0.4) is 0 Å². The van der Waals surface area contributed by atoms with Gasteiger partial charge in [0.05, 0.1) is 12.7 Å². The summed E-state index contributed by atoms with van der Waals surface area (Å²) in [4.78, 5) is 0. The number of nitrogens with two attached hydrogens (primary N) is 1. The minimum absolute atomic E-state index is 0.375. The highest BCUT2D eigenvalue weighted by Crippen LogP contribution is 2.66. The Balaban J connectivity index is 1.51. The fourth-order valence-electron chi connectivity index (χ4n) is 7.98. The van der Waals surface area contributed by atoms with E-state index in [0.29, 0.717) is 23.0 Å². The Morgan fingerprint density at radius 3 is 2.71 bits per heavy atom. The zero-order chi connectivity index (χ0) is 20.1. The summed E-state index contributed by atoms with van der Waals surface area (Å²) in [6.07, 6.45) is 15.8. The molecule has 4 aliphatic rings. The lowest BCUT2D eigenvalue weighted by Gasteiger charge is -2.58. The van der Waals surface area contributed by atoms with E-state index in [4.69, 9.17) is 10.5 Å². The molecule has 28 heavy (non-hydrogen) atoms. The molecule has 0 aliphatic heterocycles. The first-order chi connectivity index (χ1) is 13.3. The maximum Gasteiger partial charge on any atom is 0.0653 e. The van der Waals surface area contributed by atoms with Crippen LogP contribution >= 0.6 is 0 Å². The lowest BCUT2D eigenvalue weighted by molar-refractivity contribution is -0.0742. The van der Waals surface area contributed by atoms with Crippen molar-refractivity contribution in [2.45, 2.75) is 98.1 Å². The van der Waals surface area contributed by atoms with Gasteiger partial charge >= 0.3 is 0 Å². The van der Waals surface area contributed by atoms with Crippen LogP contribution in [0.2, 0.25) is 0 Å². The second-order valence-electron chi connectivity index (χ2n) is 11.3. The molecule has 8 atom stereocenters. The van der Waals surface area contributed by atoms with Crippen molar-refractivity contribution in [3.05, 3.63) is 23.3 Å². The van der Waals surface area contributed by atoms with Gasteiger partial charge in [-0.25, -0.2) is 0 Å². The zero-order valence-electron chi connectivity index (χ0n) is 19.0. The van der Waals surface area contributed by atoms with Gasteiger partial charge in [0.15, 0.2) is 0 Å². The van der Waals surface area contributed by atoms with Crippen molar-refractivity contribution in [1.29, 1.82) is 0 Å². The summed E-state index contributed by atoms with van der Waals surface area (Å²) in [5, 5.41) is 0. The predicted octanol–water partition coefficient (Wildman–Crippen LogP) is 6.26. The predicted molar refractivity (Wildman–Crippen MR) is 118 cm³/mol. The SMILES string of the molecule is CC(C)=CCOC(C)[C@H]1CC[C@H]2[C@@H]3CC=C4C[C@@H](N)CC[C@]4(C)[C@H]3CC[C@]12C. The normalized spacial score (nSPS) is 46.1. The van der Waals surface area contributed by atoms with Crippen LogP contribution in [0, 0.1) is 34.5 Å². The van der Waals surface area contributed by atoms with Crippen LogP contribution in [0.25, 0.3) is 0 Å². The lowest BCUT2D eigenvalue weighted by atomic mass is 9.47. The highest BCUT2D eigenvalue weighted by Gasteiger charge is 2.59. The first-order valence-electron chi connectivity index (χ1n) is 12.0. The highest BCUT2D eigenvalue weighted by molar-refractivity contribution is 5.25. The molecule has 2 heteroatoms. The Morgan fingerprint density at radius 1 is 1.18 bits per heavy atom. The topological polar surface area (TPSA) is 35.2 Å². The molecular formula is C26H43NO. The van der Waals surface area contributed by atoms with Gasteiger partial charge in [-0.15, -0.1) is 0 Å². The van der Waals surface area contributed by atoms with E-state index in [1.165, 1.54) is 50.5 Å². The van der Waals surface area contributed by atoms with Gasteiger partial charge < -0.3 is 10.5 Å². The van der Waals surface area contributed by atoms with Crippen LogP contribution in [-0.2, 0) is 4.74 Å². The van der Waals surface area contributed by atoms with Gasteiger partial charge in [-0.2, -0.15) is 0 Å². The van der Waals surface area contributed by atoms with Gasteiger partial charge in [-0.3, -0.25) is 0 Å². The lowest BCUT2D eigenvalue weighted by Crippen LogP contribution is -2.51. The molecule has 0 amide bonds. The van der Waals surface area contributed by atoms with Gasteiger partial charge in [0.2, 0.25) is 0 Å². The van der Waals surface area contributed by atoms with Crippen LogP contribution in [0.5, 0.6) is 0 Å². The summed E-state index contributed by atoms with van der Waals surface area (Å²) in [5.74, 6) is 3.38. The quantitative estimate of drug-likeness (QED) is 0.579. The number of hydrogen-bond donors (Lipinski definition) is 1. The largest absolute Gasteiger partial charge is 0.374 e. The van der Waals surface area contributed by atoms with E-state index >= 15 is 0 Å². The summed E-state index contributed by atoms with van der Waals surface area (Å²) >= 11 is 0. The molecule has 0 saturated heterocycles. The molecule has 0 aromatic carbocycles. The summed E-state index contributed by atoms with van der Waals surface area (Å²) < 4.78 is 6.30. The van der Waals surface area contributed by atoms with Crippen LogP contribution in [0.1, 0.15) is 86.0 Å². The van der Waals surface area contributed by atoms with E-state index in [1.807, 2.05) is 0 Å². The first-order valence-corrected chi connectivity index (χ1v) is 12.0. The second kappa shape index (κ2) is 7.58. The van der Waals surface area contributed by atoms with Gasteiger partial charge in [0, 0.05) is 6.04 Å². The van der Waals surface area contributed by atoms with E-state index in [9.17, 15) is 0 Å². The average molecular weight is 386 g/mol. The van der Waals surface area contributed by atoms with Gasteiger partial charge in [-0.05, 0) is 107 Å². The summed E-state index contributed by atoms with van der Waals surface area (Å²) in [6.45, 7) is 12.6. The summed E-state index contributed by atoms with van der Waals surface area (Å²) in [6, 6.07) is 0.402. The number of ether oxygens (including phenoxy) is 1. The molecule has 2 nitrogen and oxygen atoms in total. The highest BCUT2D eigenvalue weighted by atomic mass is 16.5. The van der Waals surface area contributed by atoms with E-state index in [-0.39, 0.29) is 0 Å². The zero-order valence-corrected chi connectivity index (χ0v) is 19.0. The Labute approximate surface area is 173 Å². The minimum Gasteiger partial charge on any atom is -0.374 e. The van der Waals surface area contributed by atoms with E-state index in [1.54, 1.807) is 5.57 Å². The fraction of sp³-hybridized carbons (Fsp3) is 0.846. The third-order valence-corrected chi connectivity index (χ3v) is 9.63. The van der Waals surface area contributed by atoms with Crippen molar-refractivity contribution in [2.24, 2.45) is 40.2 Å². The molecule has 158 valence electrons. The monoisotopic (exact) mass is 385 g/mol. The number of allylic oxidation sites excluding steroid dienone is 2. The summed E-state index contributed by atoms with van der Waals surface area (Å²) in [5.41, 5.74) is 10.3. The molecule has 4 aliphatic carbocycles. The van der Waals surface area contributed by atoms with Crippen molar-refractivity contribution in [3.63, 3.8) is 0 Å². The molecule has 1 unspecified atom stereocenters. The molecular weight excluding hydrogens is 342 g/mol. The van der Waals surface area contributed by atoms with Gasteiger partial charge in [-0.1, -0.05) is 37.1 Å². The molecule has 2 N–H and O–H groups in total. The Kier molecular flexibility index (Phi) is 5.59. The molecule has 0 radical (unpaired) electrons. The second-order valence-corrected chi connectivity index (χ2v) is 11.3. The minimum atomic E-state index is 0.375. The standard InChI is InChI=1S/C26H43NO/c1-17(2)12-15-28-18(3)22-8-9-23-21-7-6-19-16-20(27)10-13-25(19,4)24(21)11-14-26(22,23)5/h6,12,18,20-24H,7-11,13-16,27H2,1-5H3/t18?,20-,21-,22+,23-,24-,25-,26+/m0/s1. The number of hydrogen-bond acceptors (Lipinski definition) is 2. The van der Waals surface area contributed by atoms with Crippen LogP contribution in [0.4, 0.5) is 0 Å². The van der Waals surface area contributed by atoms with Crippen LogP contribution in [-0.4, -0.2) is 18.8 Å². The van der Waals surface area contributed by atoms with E-state index in [2.05, 4.69) is 46.8 Å². The van der Waals surface area contributed by atoms with Crippen molar-refractivity contribution in [3.8, 4) is 0 Å². The molecule has 4 rings (SSSR count). The molecule has 0 aromatic rings. The van der Waals surface area contributed by atoms with Crippen molar-refractivity contribution in [1.82, 2.24) is 0 Å². The maximum absolute atomic E-state index is 6.33. The van der Waals surface area contributed by atoms with Crippen LogP contribution < -0.4 is 5.73 Å². The van der Waals surface area contributed by atoms with Gasteiger partial charge in [0.1, 0.15) is 0 Å². The number of fused-ring (bicyclic) bond motifs is 5. The van der Waals surface area contributed by atoms with Crippen molar-refractivity contribution >= 4 is 0 Å². The smallest absolute Gasteiger partial charge is 0.0653 e. The molecule has 3 fully saturated rings. The van der Waals surface area contributed by atoms with Crippen molar-refractivity contribution < 1.29 is 4.74 Å². The molecule has 0 bridgehead atoms. The van der Waals surface area contributed by atoms with Gasteiger partial charge in [0.25, 0.3) is 0 Å².